The molecule has 4 nitrogen and oxygen atoms in total. The van der Waals surface area contributed by atoms with Gasteiger partial charge in [0.05, 0.1) is 0 Å². The zero-order valence-corrected chi connectivity index (χ0v) is 22.2. The van der Waals surface area contributed by atoms with Crippen LogP contribution in [0.15, 0.2) is 127 Å². The van der Waals surface area contributed by atoms with E-state index in [1.807, 2.05) is 97.7 Å². The van der Waals surface area contributed by atoms with E-state index in [2.05, 4.69) is 36.4 Å². The molecule has 0 spiro atoms. The fourth-order valence-electron chi connectivity index (χ4n) is 5.34. The van der Waals surface area contributed by atoms with Crippen LogP contribution in [0, 0.1) is 0 Å². The third-order valence-electron chi connectivity index (χ3n) is 7.29. The van der Waals surface area contributed by atoms with Crippen LogP contribution in [0.3, 0.4) is 0 Å². The Labute approximate surface area is 227 Å². The second kappa shape index (κ2) is 9.27. The summed E-state index contributed by atoms with van der Waals surface area (Å²) in [5, 5.41) is 1.87. The fourth-order valence-corrected chi connectivity index (χ4v) is 7.66. The predicted molar refractivity (Wildman–Crippen MR) is 160 cm³/mol. The predicted octanol–water partition coefficient (Wildman–Crippen LogP) is 7.46. The van der Waals surface area contributed by atoms with E-state index in [0.29, 0.717) is 17.5 Å². The van der Waals surface area contributed by atoms with Gasteiger partial charge in [-0.2, -0.15) is 0 Å². The molecule has 2 heterocycles. The molecule has 0 saturated heterocycles. The summed E-state index contributed by atoms with van der Waals surface area (Å²) < 4.78 is 13.8. The standard InChI is InChI=1S/C34H24N3OP/c1-39(38)29-17-9-8-15-28(29)31-27(16-10-18-30(31)39)23-19-21-26(22-20-23)34-36-32(24-11-4-2-5-12-24)35-33(37-34)25-13-6-3-7-14-25/h2-22H,1H3. The van der Waals surface area contributed by atoms with Gasteiger partial charge in [-0.05, 0) is 23.4 Å². The first kappa shape index (κ1) is 23.5. The second-order valence-electron chi connectivity index (χ2n) is 9.76. The van der Waals surface area contributed by atoms with E-state index < -0.39 is 7.14 Å². The smallest absolute Gasteiger partial charge is 0.164 e. The summed E-state index contributed by atoms with van der Waals surface area (Å²) in [6.45, 7) is 1.87. The molecule has 5 heteroatoms. The minimum atomic E-state index is -2.62. The van der Waals surface area contributed by atoms with E-state index in [9.17, 15) is 4.57 Å². The van der Waals surface area contributed by atoms with Crippen molar-refractivity contribution in [1.29, 1.82) is 0 Å². The SMILES string of the molecule is CP1(=O)c2ccccc2-c2c(-c3ccc(-c4nc(-c5ccccc5)nc(-c5ccccc5)n4)cc3)cccc21. The number of benzene rings is 5. The molecule has 1 aliphatic heterocycles. The number of hydrogen-bond donors (Lipinski definition) is 0. The van der Waals surface area contributed by atoms with Gasteiger partial charge >= 0.3 is 0 Å². The van der Waals surface area contributed by atoms with E-state index in [-0.39, 0.29) is 0 Å². The summed E-state index contributed by atoms with van der Waals surface area (Å²) in [6, 6.07) is 42.5. The number of rotatable bonds is 4. The Morgan fingerprint density at radius 3 is 1.46 bits per heavy atom. The Morgan fingerprint density at radius 2 is 0.872 bits per heavy atom. The first-order valence-corrected chi connectivity index (χ1v) is 15.0. The molecule has 6 aromatic rings. The quantitative estimate of drug-likeness (QED) is 0.226. The maximum atomic E-state index is 13.8. The highest BCUT2D eigenvalue weighted by Crippen LogP contribution is 2.52. The van der Waals surface area contributed by atoms with Crippen molar-refractivity contribution in [2.45, 2.75) is 0 Å². The molecule has 186 valence electrons. The van der Waals surface area contributed by atoms with Crippen molar-refractivity contribution in [3.8, 4) is 56.4 Å². The third-order valence-corrected chi connectivity index (χ3v) is 9.89. The van der Waals surface area contributed by atoms with Gasteiger partial charge in [-0.3, -0.25) is 0 Å². The summed E-state index contributed by atoms with van der Waals surface area (Å²) in [5.41, 5.74) is 7.07. The maximum absolute atomic E-state index is 13.8. The van der Waals surface area contributed by atoms with Gasteiger partial charge in [-0.1, -0.05) is 127 Å². The largest absolute Gasteiger partial charge is 0.314 e. The van der Waals surface area contributed by atoms with Crippen LogP contribution in [0.25, 0.3) is 56.4 Å². The molecule has 0 saturated carbocycles. The summed E-state index contributed by atoms with van der Waals surface area (Å²) in [7, 11) is -2.62. The van der Waals surface area contributed by atoms with Gasteiger partial charge < -0.3 is 4.57 Å². The van der Waals surface area contributed by atoms with Crippen molar-refractivity contribution in [3.63, 3.8) is 0 Å². The zero-order valence-electron chi connectivity index (χ0n) is 21.3. The zero-order chi connectivity index (χ0) is 26.4. The molecular formula is C34H24N3OP. The molecule has 0 aliphatic carbocycles. The van der Waals surface area contributed by atoms with Crippen molar-refractivity contribution in [1.82, 2.24) is 15.0 Å². The van der Waals surface area contributed by atoms with Gasteiger partial charge in [0.2, 0.25) is 0 Å². The van der Waals surface area contributed by atoms with E-state index in [1.54, 1.807) is 0 Å². The summed E-state index contributed by atoms with van der Waals surface area (Å²) in [5.74, 6) is 1.90. The van der Waals surface area contributed by atoms with Crippen LogP contribution in [0.5, 0.6) is 0 Å². The van der Waals surface area contributed by atoms with Crippen molar-refractivity contribution in [2.75, 3.05) is 6.66 Å². The number of fused-ring (bicyclic) bond motifs is 3. The summed E-state index contributed by atoms with van der Waals surface area (Å²) >= 11 is 0. The van der Waals surface area contributed by atoms with Crippen LogP contribution >= 0.6 is 7.14 Å². The lowest BCUT2D eigenvalue weighted by molar-refractivity contribution is 0.591. The Morgan fingerprint density at radius 1 is 0.436 bits per heavy atom. The minimum absolute atomic E-state index is 0.621. The van der Waals surface area contributed by atoms with Gasteiger partial charge in [0.1, 0.15) is 7.14 Å². The summed E-state index contributed by atoms with van der Waals surface area (Å²) in [4.78, 5) is 14.5. The molecule has 0 bridgehead atoms. The Balaban J connectivity index is 1.34. The molecule has 5 aromatic carbocycles. The van der Waals surface area contributed by atoms with E-state index in [4.69, 9.17) is 15.0 Å². The molecule has 0 radical (unpaired) electrons. The second-order valence-corrected chi connectivity index (χ2v) is 12.6. The molecule has 0 amide bonds. The van der Waals surface area contributed by atoms with E-state index >= 15 is 0 Å². The van der Waals surface area contributed by atoms with Crippen LogP contribution in [0.1, 0.15) is 0 Å². The lowest BCUT2D eigenvalue weighted by Crippen LogP contribution is -2.07. The van der Waals surface area contributed by atoms with Gasteiger partial charge in [-0.25, -0.2) is 15.0 Å². The van der Waals surface area contributed by atoms with Crippen LogP contribution in [0.4, 0.5) is 0 Å². The molecule has 1 aromatic heterocycles. The van der Waals surface area contributed by atoms with E-state index in [0.717, 1.165) is 49.6 Å². The number of hydrogen-bond acceptors (Lipinski definition) is 4. The van der Waals surface area contributed by atoms with Gasteiger partial charge in [0.15, 0.2) is 17.5 Å². The topological polar surface area (TPSA) is 55.7 Å². The highest BCUT2D eigenvalue weighted by atomic mass is 31.2. The lowest BCUT2D eigenvalue weighted by Gasteiger charge is -2.12. The molecule has 0 fully saturated rings. The van der Waals surface area contributed by atoms with Crippen molar-refractivity contribution >= 4 is 17.8 Å². The van der Waals surface area contributed by atoms with Crippen LogP contribution < -0.4 is 10.6 Å². The minimum Gasteiger partial charge on any atom is -0.314 e. The molecule has 39 heavy (non-hydrogen) atoms. The molecule has 0 N–H and O–H groups in total. The van der Waals surface area contributed by atoms with Crippen LogP contribution in [0.2, 0.25) is 0 Å². The number of nitrogens with zero attached hydrogens (tertiary/aromatic N) is 3. The molecule has 1 unspecified atom stereocenters. The molecule has 1 atom stereocenters. The average molecular weight is 522 g/mol. The maximum Gasteiger partial charge on any atom is 0.164 e. The van der Waals surface area contributed by atoms with Crippen molar-refractivity contribution in [2.24, 2.45) is 0 Å². The average Bonchev–Trinajstić information content (AvgIpc) is 3.24. The first-order chi connectivity index (χ1) is 19.1. The lowest BCUT2D eigenvalue weighted by atomic mass is 9.94. The van der Waals surface area contributed by atoms with Crippen LogP contribution in [-0.4, -0.2) is 21.6 Å². The van der Waals surface area contributed by atoms with Gasteiger partial charge in [-0.15, -0.1) is 0 Å². The highest BCUT2D eigenvalue weighted by Gasteiger charge is 2.35. The highest BCUT2D eigenvalue weighted by molar-refractivity contribution is 7.79. The third kappa shape index (κ3) is 4.01. The first-order valence-electron chi connectivity index (χ1n) is 12.9. The Hall–Kier alpha value is -4.66. The van der Waals surface area contributed by atoms with Crippen molar-refractivity contribution < 1.29 is 4.57 Å². The van der Waals surface area contributed by atoms with Gasteiger partial charge in [0.25, 0.3) is 0 Å². The normalized spacial score (nSPS) is 15.5. The molecular weight excluding hydrogens is 497 g/mol. The summed E-state index contributed by atoms with van der Waals surface area (Å²) in [6.07, 6.45) is 0. The number of aromatic nitrogens is 3. The van der Waals surface area contributed by atoms with Gasteiger partial charge in [0, 0.05) is 32.9 Å². The molecule has 1 aliphatic rings. The van der Waals surface area contributed by atoms with Crippen LogP contribution in [-0.2, 0) is 4.57 Å². The van der Waals surface area contributed by atoms with Crippen molar-refractivity contribution in [3.05, 3.63) is 127 Å². The molecule has 7 rings (SSSR count). The fraction of sp³-hybridized carbons (Fsp3) is 0.0294. The Kier molecular flexibility index (Phi) is 5.57. The van der Waals surface area contributed by atoms with E-state index in [1.165, 1.54) is 0 Å². The Bertz CT molecular complexity index is 1830. The monoisotopic (exact) mass is 521 g/mol.